The average molecular weight is 474 g/mol. The number of halogens is 2. The summed E-state index contributed by atoms with van der Waals surface area (Å²) in [4.78, 5) is 25.2. The first-order valence-electron chi connectivity index (χ1n) is 9.60. The summed E-state index contributed by atoms with van der Waals surface area (Å²) in [5.41, 5.74) is 4.93. The van der Waals surface area contributed by atoms with Gasteiger partial charge in [0.15, 0.2) is 0 Å². The van der Waals surface area contributed by atoms with E-state index >= 15 is 0 Å². The highest BCUT2D eigenvalue weighted by molar-refractivity contribution is 7.15. The molecule has 3 aromatic rings. The van der Waals surface area contributed by atoms with Crippen LogP contribution in [-0.2, 0) is 9.53 Å². The third-order valence-corrected chi connectivity index (χ3v) is 6.18. The van der Waals surface area contributed by atoms with Gasteiger partial charge in [0.1, 0.15) is 10.6 Å². The second kappa shape index (κ2) is 10.1. The van der Waals surface area contributed by atoms with E-state index in [9.17, 15) is 9.59 Å². The number of esters is 1. The Kier molecular flexibility index (Phi) is 7.55. The zero-order chi connectivity index (χ0) is 22.5. The Hall–Kier alpha value is -2.60. The van der Waals surface area contributed by atoms with Crippen molar-refractivity contribution in [3.63, 3.8) is 0 Å². The highest BCUT2D eigenvalue weighted by Crippen LogP contribution is 2.38. The van der Waals surface area contributed by atoms with Crippen LogP contribution in [0.15, 0.2) is 47.9 Å². The Bertz CT molecular complexity index is 1170. The Morgan fingerprint density at radius 3 is 2.52 bits per heavy atom. The van der Waals surface area contributed by atoms with Gasteiger partial charge in [0.05, 0.1) is 16.7 Å². The summed E-state index contributed by atoms with van der Waals surface area (Å²) in [6.07, 6.45) is 3.01. The molecule has 31 heavy (non-hydrogen) atoms. The van der Waals surface area contributed by atoms with Crippen LogP contribution in [0, 0.1) is 13.8 Å². The molecule has 0 aliphatic heterocycles. The summed E-state index contributed by atoms with van der Waals surface area (Å²) < 4.78 is 5.26. The third kappa shape index (κ3) is 5.56. The molecular weight excluding hydrogens is 453 g/mol. The number of amides is 1. The molecule has 0 saturated heterocycles. The van der Waals surface area contributed by atoms with E-state index in [0.717, 1.165) is 27.8 Å². The maximum Gasteiger partial charge on any atom is 0.341 e. The standard InChI is InChI=1S/C24H21Cl2NO3S/c1-4-30-24(29)22-18(17-8-5-14(2)11-15(17)3)13-31-23(22)27-21(28)10-7-16-6-9-19(25)20(26)12-16/h5-13H,4H2,1-3H3,(H,27,28)/b10-7+. The monoisotopic (exact) mass is 473 g/mol. The van der Waals surface area contributed by atoms with Crippen molar-refractivity contribution in [1.29, 1.82) is 0 Å². The summed E-state index contributed by atoms with van der Waals surface area (Å²) in [7, 11) is 0. The number of thiophene rings is 1. The predicted molar refractivity (Wildman–Crippen MR) is 129 cm³/mol. The van der Waals surface area contributed by atoms with E-state index in [1.165, 1.54) is 17.4 Å². The van der Waals surface area contributed by atoms with Crippen molar-refractivity contribution >= 4 is 57.5 Å². The van der Waals surface area contributed by atoms with E-state index < -0.39 is 5.97 Å². The van der Waals surface area contributed by atoms with Crippen LogP contribution in [-0.4, -0.2) is 18.5 Å². The number of rotatable bonds is 6. The molecule has 0 aliphatic rings. The van der Waals surface area contributed by atoms with E-state index in [-0.39, 0.29) is 12.5 Å². The zero-order valence-electron chi connectivity index (χ0n) is 17.3. The Morgan fingerprint density at radius 2 is 1.84 bits per heavy atom. The number of ether oxygens (including phenoxy) is 1. The van der Waals surface area contributed by atoms with Crippen molar-refractivity contribution in [1.82, 2.24) is 0 Å². The van der Waals surface area contributed by atoms with Crippen molar-refractivity contribution in [2.75, 3.05) is 11.9 Å². The lowest BCUT2D eigenvalue weighted by Crippen LogP contribution is -2.12. The topological polar surface area (TPSA) is 55.4 Å². The number of hydrogen-bond donors (Lipinski definition) is 1. The lowest BCUT2D eigenvalue weighted by molar-refractivity contribution is -0.111. The van der Waals surface area contributed by atoms with Crippen LogP contribution in [0.5, 0.6) is 0 Å². The van der Waals surface area contributed by atoms with Crippen molar-refractivity contribution in [3.8, 4) is 11.1 Å². The minimum absolute atomic E-state index is 0.242. The molecule has 1 amide bonds. The quantitative estimate of drug-likeness (QED) is 0.305. The van der Waals surface area contributed by atoms with E-state index in [4.69, 9.17) is 27.9 Å². The summed E-state index contributed by atoms with van der Waals surface area (Å²) >= 11 is 13.2. The van der Waals surface area contributed by atoms with Crippen LogP contribution in [0.2, 0.25) is 10.0 Å². The first kappa shape index (κ1) is 23.1. The maximum atomic E-state index is 12.7. The first-order valence-corrected chi connectivity index (χ1v) is 11.2. The van der Waals surface area contributed by atoms with Gasteiger partial charge in [0.2, 0.25) is 5.91 Å². The van der Waals surface area contributed by atoms with Gasteiger partial charge in [-0.05, 0) is 55.7 Å². The number of anilines is 1. The Balaban J connectivity index is 1.90. The van der Waals surface area contributed by atoms with Gasteiger partial charge >= 0.3 is 5.97 Å². The summed E-state index contributed by atoms with van der Waals surface area (Å²) in [6.45, 7) is 6.00. The fourth-order valence-electron chi connectivity index (χ4n) is 3.11. The van der Waals surface area contributed by atoms with E-state index in [1.54, 1.807) is 31.2 Å². The molecular formula is C24H21Cl2NO3S. The molecule has 2 aromatic carbocycles. The number of aryl methyl sites for hydroxylation is 2. The molecule has 3 rings (SSSR count). The summed E-state index contributed by atoms with van der Waals surface area (Å²) in [6, 6.07) is 11.1. The number of hydrogen-bond acceptors (Lipinski definition) is 4. The van der Waals surface area contributed by atoms with Crippen molar-refractivity contribution in [2.45, 2.75) is 20.8 Å². The molecule has 0 bridgehead atoms. The Labute approximate surface area is 195 Å². The van der Waals surface area contributed by atoms with Gasteiger partial charge in [-0.1, -0.05) is 53.0 Å². The normalized spacial score (nSPS) is 11.0. The molecule has 7 heteroatoms. The van der Waals surface area contributed by atoms with Crippen LogP contribution >= 0.6 is 34.5 Å². The minimum Gasteiger partial charge on any atom is -0.462 e. The van der Waals surface area contributed by atoms with E-state index in [1.807, 2.05) is 31.4 Å². The van der Waals surface area contributed by atoms with Crippen LogP contribution in [0.1, 0.15) is 34.0 Å². The molecule has 0 atom stereocenters. The molecule has 160 valence electrons. The fraction of sp³-hybridized carbons (Fsp3) is 0.167. The molecule has 0 fully saturated rings. The van der Waals surface area contributed by atoms with Gasteiger partial charge in [-0.15, -0.1) is 11.3 Å². The molecule has 1 N–H and O–H groups in total. The summed E-state index contributed by atoms with van der Waals surface area (Å²) in [5, 5.41) is 5.96. The van der Waals surface area contributed by atoms with E-state index in [0.29, 0.717) is 20.6 Å². The molecule has 0 radical (unpaired) electrons. The lowest BCUT2D eigenvalue weighted by Gasteiger charge is -2.10. The minimum atomic E-state index is -0.470. The second-order valence-corrected chi connectivity index (χ2v) is 8.58. The van der Waals surface area contributed by atoms with Gasteiger partial charge < -0.3 is 10.1 Å². The molecule has 1 heterocycles. The van der Waals surface area contributed by atoms with Gasteiger partial charge in [-0.3, -0.25) is 4.79 Å². The fourth-order valence-corrected chi connectivity index (χ4v) is 4.37. The van der Waals surface area contributed by atoms with Gasteiger partial charge in [-0.2, -0.15) is 0 Å². The highest BCUT2D eigenvalue weighted by Gasteiger charge is 2.23. The lowest BCUT2D eigenvalue weighted by atomic mass is 9.97. The molecule has 0 aliphatic carbocycles. The predicted octanol–water partition coefficient (Wildman–Crippen LogP) is 7.17. The van der Waals surface area contributed by atoms with Gasteiger partial charge in [0, 0.05) is 17.0 Å². The molecule has 4 nitrogen and oxygen atoms in total. The maximum absolute atomic E-state index is 12.7. The third-order valence-electron chi connectivity index (χ3n) is 4.55. The van der Waals surface area contributed by atoms with Crippen molar-refractivity contribution < 1.29 is 14.3 Å². The average Bonchev–Trinajstić information content (AvgIpc) is 3.12. The van der Waals surface area contributed by atoms with Crippen molar-refractivity contribution in [2.24, 2.45) is 0 Å². The summed E-state index contributed by atoms with van der Waals surface area (Å²) in [5.74, 6) is -0.840. The SMILES string of the molecule is CCOC(=O)c1c(-c2ccc(C)cc2C)csc1NC(=O)/C=C/c1ccc(Cl)c(Cl)c1. The van der Waals surface area contributed by atoms with Crippen LogP contribution in [0.25, 0.3) is 17.2 Å². The number of carbonyl (C=O) groups excluding carboxylic acids is 2. The van der Waals surface area contributed by atoms with Gasteiger partial charge in [0.25, 0.3) is 0 Å². The van der Waals surface area contributed by atoms with E-state index in [2.05, 4.69) is 11.4 Å². The second-order valence-electron chi connectivity index (χ2n) is 6.89. The highest BCUT2D eigenvalue weighted by atomic mass is 35.5. The van der Waals surface area contributed by atoms with Crippen LogP contribution < -0.4 is 5.32 Å². The molecule has 0 unspecified atom stereocenters. The molecule has 0 spiro atoms. The first-order chi connectivity index (χ1) is 14.8. The van der Waals surface area contributed by atoms with Crippen LogP contribution in [0.3, 0.4) is 0 Å². The Morgan fingerprint density at radius 1 is 1.06 bits per heavy atom. The van der Waals surface area contributed by atoms with Crippen LogP contribution in [0.4, 0.5) is 5.00 Å². The zero-order valence-corrected chi connectivity index (χ0v) is 19.6. The molecule has 0 saturated carbocycles. The number of carbonyl (C=O) groups is 2. The number of nitrogens with one attached hydrogen (secondary N) is 1. The van der Waals surface area contributed by atoms with Gasteiger partial charge in [-0.25, -0.2) is 4.79 Å². The smallest absolute Gasteiger partial charge is 0.341 e. The van der Waals surface area contributed by atoms with Crippen molar-refractivity contribution in [3.05, 3.63) is 80.2 Å². The molecule has 1 aromatic heterocycles. The largest absolute Gasteiger partial charge is 0.462 e. The number of benzene rings is 2.